The van der Waals surface area contributed by atoms with E-state index in [9.17, 15) is 0 Å². The van der Waals surface area contributed by atoms with Gasteiger partial charge in [0.2, 0.25) is 5.95 Å². The molecule has 1 aliphatic heterocycles. The number of anilines is 2. The number of benzene rings is 2. The van der Waals surface area contributed by atoms with Gasteiger partial charge >= 0.3 is 0 Å². The fraction of sp³-hybridized carbons (Fsp3) is 0.250. The number of fused-ring (bicyclic) bond motifs is 7. The first-order chi connectivity index (χ1) is 13.8. The Kier molecular flexibility index (Phi) is 6.98. The van der Waals surface area contributed by atoms with Crippen molar-refractivity contribution in [3.8, 4) is 17.0 Å². The average Bonchev–Trinajstić information content (AvgIpc) is 2.71. The summed E-state index contributed by atoms with van der Waals surface area (Å²) in [7, 11) is 2.12. The first-order valence-electron chi connectivity index (χ1n) is 9.52. The molecule has 1 N–H and O–H groups in total. The number of rotatable bonds is 0. The van der Waals surface area contributed by atoms with Gasteiger partial charge in [-0.2, -0.15) is 0 Å². The molecule has 0 spiro atoms. The maximum atomic E-state index is 5.90. The highest BCUT2D eigenvalue weighted by atomic mass is 16.5. The quantitative estimate of drug-likeness (QED) is 0.530. The fourth-order valence-electron chi connectivity index (χ4n) is 3.19. The maximum Gasteiger partial charge on any atom is 0.227 e. The molecule has 1 aromatic heterocycles. The predicted molar refractivity (Wildman–Crippen MR) is 120 cm³/mol. The van der Waals surface area contributed by atoms with Crippen LogP contribution >= 0.6 is 0 Å². The summed E-state index contributed by atoms with van der Waals surface area (Å²) in [6, 6.07) is 18.3. The van der Waals surface area contributed by atoms with E-state index in [2.05, 4.69) is 57.6 Å². The predicted octanol–water partition coefficient (Wildman–Crippen LogP) is 5.29. The molecule has 0 amide bonds. The summed E-state index contributed by atoms with van der Waals surface area (Å²) < 4.78 is 5.90. The van der Waals surface area contributed by atoms with Gasteiger partial charge in [0.05, 0.1) is 12.3 Å². The Bertz CT molecular complexity index is 970. The Hall–Kier alpha value is -3.18. The van der Waals surface area contributed by atoms with Gasteiger partial charge in [-0.25, -0.2) is 9.97 Å². The zero-order chi connectivity index (χ0) is 19.2. The summed E-state index contributed by atoms with van der Waals surface area (Å²) in [5.41, 5.74) is 4.10. The number of hydrogen-bond acceptors (Lipinski definition) is 5. The molecule has 2 aromatic carbocycles. The van der Waals surface area contributed by atoms with E-state index in [4.69, 9.17) is 4.74 Å². The minimum absolute atomic E-state index is 0. The van der Waals surface area contributed by atoms with Crippen molar-refractivity contribution in [2.75, 3.05) is 25.5 Å². The lowest BCUT2D eigenvalue weighted by Crippen LogP contribution is -2.17. The Morgan fingerprint density at radius 3 is 2.86 bits per heavy atom. The number of likely N-dealkylation sites (N-methyl/N-ethyl adjacent to an activating group) is 1. The molecule has 0 unspecified atom stereocenters. The molecule has 29 heavy (non-hydrogen) atoms. The van der Waals surface area contributed by atoms with E-state index >= 15 is 0 Å². The number of hydrogen-bond donors (Lipinski definition) is 1. The van der Waals surface area contributed by atoms with Gasteiger partial charge in [-0.05, 0) is 49.4 Å². The second-order valence-corrected chi connectivity index (χ2v) is 6.92. The van der Waals surface area contributed by atoms with Gasteiger partial charge in [-0.1, -0.05) is 43.8 Å². The lowest BCUT2D eigenvalue weighted by atomic mass is 10.1. The van der Waals surface area contributed by atoms with Crippen molar-refractivity contribution >= 4 is 11.6 Å². The third kappa shape index (κ3) is 5.65. The standard InChI is InChI=1S/C23H24N4O.CH4/c1-27-13-3-2-4-14-28-21-10-6-8-19(16-21)22-11-12-24-23(26-22)25-20-9-5-7-18(15-20)17-27;/h2-3,5-12,15-16H,4,13-14,17H2,1H3,(H,24,25,26);1H4/b3-2+;. The topological polar surface area (TPSA) is 50.3 Å². The first-order valence-corrected chi connectivity index (χ1v) is 9.52. The summed E-state index contributed by atoms with van der Waals surface area (Å²) in [4.78, 5) is 11.3. The summed E-state index contributed by atoms with van der Waals surface area (Å²) in [5.74, 6) is 1.43. The Morgan fingerprint density at radius 2 is 1.93 bits per heavy atom. The van der Waals surface area contributed by atoms with Crippen LogP contribution in [0.4, 0.5) is 11.6 Å². The van der Waals surface area contributed by atoms with E-state index in [1.807, 2.05) is 36.4 Å². The van der Waals surface area contributed by atoms with Crippen LogP contribution in [0.2, 0.25) is 0 Å². The van der Waals surface area contributed by atoms with E-state index in [1.165, 1.54) is 5.56 Å². The van der Waals surface area contributed by atoms with E-state index in [0.29, 0.717) is 12.6 Å². The van der Waals surface area contributed by atoms with E-state index in [0.717, 1.165) is 42.2 Å². The molecule has 2 heterocycles. The van der Waals surface area contributed by atoms with Crippen LogP contribution in [0.15, 0.2) is 72.9 Å². The van der Waals surface area contributed by atoms with Gasteiger partial charge in [0, 0.05) is 30.5 Å². The van der Waals surface area contributed by atoms with Crippen molar-refractivity contribution in [2.45, 2.75) is 20.4 Å². The van der Waals surface area contributed by atoms with Crippen LogP contribution in [0.1, 0.15) is 19.4 Å². The molecule has 4 rings (SSSR count). The molecule has 5 nitrogen and oxygen atoms in total. The molecule has 0 aliphatic carbocycles. The molecular weight excluding hydrogens is 360 g/mol. The maximum absolute atomic E-state index is 5.90. The van der Waals surface area contributed by atoms with Crippen LogP contribution in [0.25, 0.3) is 11.3 Å². The zero-order valence-corrected chi connectivity index (χ0v) is 16.0. The highest BCUT2D eigenvalue weighted by Gasteiger charge is 2.06. The van der Waals surface area contributed by atoms with Crippen LogP contribution < -0.4 is 10.1 Å². The molecule has 0 saturated carbocycles. The Balaban J connectivity index is 0.00000240. The summed E-state index contributed by atoms with van der Waals surface area (Å²) in [6.07, 6.45) is 7.04. The second-order valence-electron chi connectivity index (χ2n) is 6.92. The SMILES string of the molecule is C.CN1C/C=C/CCOc2cccc(c2)-c2ccnc(n2)Nc2cccc(c2)C1. The molecule has 0 atom stereocenters. The molecule has 6 bridgehead atoms. The van der Waals surface area contributed by atoms with E-state index < -0.39 is 0 Å². The largest absolute Gasteiger partial charge is 0.493 e. The van der Waals surface area contributed by atoms with Gasteiger partial charge in [-0.3, -0.25) is 4.90 Å². The van der Waals surface area contributed by atoms with Crippen LogP contribution in [-0.2, 0) is 6.54 Å². The highest BCUT2D eigenvalue weighted by Crippen LogP contribution is 2.24. The number of nitrogens with one attached hydrogen (secondary N) is 1. The lowest BCUT2D eigenvalue weighted by molar-refractivity contribution is 0.324. The van der Waals surface area contributed by atoms with Crippen molar-refractivity contribution < 1.29 is 4.74 Å². The lowest BCUT2D eigenvalue weighted by Gasteiger charge is -2.15. The summed E-state index contributed by atoms with van der Waals surface area (Å²) >= 11 is 0. The van der Waals surface area contributed by atoms with Crippen molar-refractivity contribution in [2.24, 2.45) is 0 Å². The van der Waals surface area contributed by atoms with Crippen molar-refractivity contribution in [1.29, 1.82) is 0 Å². The molecular formula is C24H28N4O. The number of nitrogens with zero attached hydrogens (tertiary/aromatic N) is 3. The molecule has 1 aliphatic rings. The van der Waals surface area contributed by atoms with Crippen LogP contribution in [-0.4, -0.2) is 35.1 Å². The smallest absolute Gasteiger partial charge is 0.227 e. The third-order valence-corrected chi connectivity index (χ3v) is 4.56. The van der Waals surface area contributed by atoms with Gasteiger partial charge in [0.1, 0.15) is 5.75 Å². The minimum Gasteiger partial charge on any atom is -0.493 e. The van der Waals surface area contributed by atoms with Crippen molar-refractivity contribution in [3.63, 3.8) is 0 Å². The monoisotopic (exact) mass is 388 g/mol. The van der Waals surface area contributed by atoms with Gasteiger partial charge in [0.15, 0.2) is 0 Å². The fourth-order valence-corrected chi connectivity index (χ4v) is 3.19. The van der Waals surface area contributed by atoms with E-state index in [1.54, 1.807) is 6.20 Å². The first kappa shape index (κ1) is 20.6. The van der Waals surface area contributed by atoms with E-state index in [-0.39, 0.29) is 7.43 Å². The number of ether oxygens (including phenoxy) is 1. The highest BCUT2D eigenvalue weighted by molar-refractivity contribution is 5.63. The average molecular weight is 389 g/mol. The molecule has 0 saturated heterocycles. The summed E-state index contributed by atoms with van der Waals surface area (Å²) in [5, 5.41) is 3.32. The Labute approximate surface area is 173 Å². The molecule has 5 heteroatoms. The van der Waals surface area contributed by atoms with Crippen molar-refractivity contribution in [1.82, 2.24) is 14.9 Å². The Morgan fingerprint density at radius 1 is 1.03 bits per heavy atom. The van der Waals surface area contributed by atoms with Gasteiger partial charge in [-0.15, -0.1) is 0 Å². The molecule has 0 fully saturated rings. The minimum atomic E-state index is 0. The normalized spacial score (nSPS) is 15.6. The molecule has 0 radical (unpaired) electrons. The second kappa shape index (κ2) is 9.85. The molecule has 3 aromatic rings. The third-order valence-electron chi connectivity index (χ3n) is 4.56. The van der Waals surface area contributed by atoms with Gasteiger partial charge in [0.25, 0.3) is 0 Å². The molecule has 150 valence electrons. The van der Waals surface area contributed by atoms with Crippen molar-refractivity contribution in [3.05, 3.63) is 78.5 Å². The summed E-state index contributed by atoms with van der Waals surface area (Å²) in [6.45, 7) is 2.43. The van der Waals surface area contributed by atoms with Crippen LogP contribution in [0.3, 0.4) is 0 Å². The van der Waals surface area contributed by atoms with Crippen LogP contribution in [0.5, 0.6) is 5.75 Å². The zero-order valence-electron chi connectivity index (χ0n) is 16.0. The van der Waals surface area contributed by atoms with Crippen LogP contribution in [0, 0.1) is 0 Å². The van der Waals surface area contributed by atoms with Gasteiger partial charge < -0.3 is 10.1 Å². The number of aromatic nitrogens is 2.